The Balaban J connectivity index is 1.95. The van der Waals surface area contributed by atoms with Gasteiger partial charge in [-0.15, -0.1) is 0 Å². The van der Waals surface area contributed by atoms with E-state index < -0.39 is 17.6 Å². The first-order valence-corrected chi connectivity index (χ1v) is 8.61. The molecule has 0 saturated carbocycles. The zero-order chi connectivity index (χ0) is 20.7. The normalized spacial score (nSPS) is 12.2. The van der Waals surface area contributed by atoms with Crippen LogP contribution in [0.1, 0.15) is 42.3 Å². The van der Waals surface area contributed by atoms with Crippen LogP contribution in [0.3, 0.4) is 0 Å². The maximum absolute atomic E-state index is 12.8. The largest absolute Gasteiger partial charge is 0.416 e. The SMILES string of the molecule is CC(C)(C)c1cc(=O)[nH]c2cc(NC(=O)c3cccc(C(F)(F)F)c3)ccc12. The molecule has 1 aromatic heterocycles. The second-order valence-corrected chi connectivity index (χ2v) is 7.59. The molecule has 1 heterocycles. The molecule has 4 nitrogen and oxygen atoms in total. The van der Waals surface area contributed by atoms with Crippen molar-refractivity contribution in [1.82, 2.24) is 4.98 Å². The van der Waals surface area contributed by atoms with Crippen molar-refractivity contribution < 1.29 is 18.0 Å². The molecule has 146 valence electrons. The summed E-state index contributed by atoms with van der Waals surface area (Å²) in [5, 5.41) is 3.42. The van der Waals surface area contributed by atoms with Crippen LogP contribution >= 0.6 is 0 Å². The van der Waals surface area contributed by atoms with Crippen molar-refractivity contribution in [1.29, 1.82) is 0 Å². The van der Waals surface area contributed by atoms with Crippen molar-refractivity contribution >= 4 is 22.5 Å². The molecular formula is C21H19F3N2O2. The fraction of sp³-hybridized carbons (Fsp3) is 0.238. The molecular weight excluding hydrogens is 369 g/mol. The van der Waals surface area contributed by atoms with E-state index in [4.69, 9.17) is 0 Å². The first-order chi connectivity index (χ1) is 12.9. The lowest BCUT2D eigenvalue weighted by Crippen LogP contribution is -2.17. The number of carbonyl (C=O) groups is 1. The molecule has 3 aromatic rings. The van der Waals surface area contributed by atoms with Crippen LogP contribution in [-0.4, -0.2) is 10.9 Å². The third-order valence-corrected chi connectivity index (χ3v) is 4.36. The predicted octanol–water partition coefficient (Wildman–Crippen LogP) is 5.10. The Labute approximate surface area is 159 Å². The third-order valence-electron chi connectivity index (χ3n) is 4.36. The van der Waals surface area contributed by atoms with Crippen molar-refractivity contribution in [3.05, 3.63) is 75.6 Å². The van der Waals surface area contributed by atoms with Crippen LogP contribution in [0.2, 0.25) is 0 Å². The van der Waals surface area contributed by atoms with Gasteiger partial charge in [0.15, 0.2) is 0 Å². The van der Waals surface area contributed by atoms with Crippen LogP contribution in [0.4, 0.5) is 18.9 Å². The number of aromatic nitrogens is 1. The van der Waals surface area contributed by atoms with E-state index in [0.717, 1.165) is 23.1 Å². The average molecular weight is 388 g/mol. The van der Waals surface area contributed by atoms with Gasteiger partial charge >= 0.3 is 6.18 Å². The number of nitrogens with one attached hydrogen (secondary N) is 2. The minimum atomic E-state index is -4.53. The first kappa shape index (κ1) is 19.7. The quantitative estimate of drug-likeness (QED) is 0.642. The predicted molar refractivity (Wildman–Crippen MR) is 103 cm³/mol. The summed E-state index contributed by atoms with van der Waals surface area (Å²) in [5.41, 5.74) is 0.260. The molecule has 0 unspecified atom stereocenters. The van der Waals surface area contributed by atoms with Gasteiger partial charge in [-0.2, -0.15) is 13.2 Å². The van der Waals surface area contributed by atoms with Gasteiger partial charge in [0.25, 0.3) is 5.91 Å². The number of hydrogen-bond donors (Lipinski definition) is 2. The van der Waals surface area contributed by atoms with Crippen LogP contribution in [0.25, 0.3) is 10.9 Å². The lowest BCUT2D eigenvalue weighted by atomic mass is 9.85. The number of anilines is 1. The highest BCUT2D eigenvalue weighted by atomic mass is 19.4. The van der Waals surface area contributed by atoms with Crippen LogP contribution in [0.15, 0.2) is 53.3 Å². The van der Waals surface area contributed by atoms with Crippen molar-refractivity contribution in [2.45, 2.75) is 32.4 Å². The lowest BCUT2D eigenvalue weighted by Gasteiger charge is -2.21. The average Bonchev–Trinajstić information content (AvgIpc) is 2.59. The molecule has 0 aliphatic heterocycles. The highest BCUT2D eigenvalue weighted by Crippen LogP contribution is 2.31. The molecule has 0 saturated heterocycles. The summed E-state index contributed by atoms with van der Waals surface area (Å²) in [6.07, 6.45) is -4.53. The van der Waals surface area contributed by atoms with Crippen molar-refractivity contribution in [2.75, 3.05) is 5.32 Å². The van der Waals surface area contributed by atoms with Gasteiger partial charge in [-0.25, -0.2) is 0 Å². The lowest BCUT2D eigenvalue weighted by molar-refractivity contribution is -0.137. The molecule has 28 heavy (non-hydrogen) atoms. The summed E-state index contributed by atoms with van der Waals surface area (Å²) < 4.78 is 38.5. The number of aromatic amines is 1. The summed E-state index contributed by atoms with van der Waals surface area (Å²) in [6.45, 7) is 5.97. The topological polar surface area (TPSA) is 62.0 Å². The van der Waals surface area contributed by atoms with Crippen molar-refractivity contribution in [3.63, 3.8) is 0 Å². The molecule has 0 aliphatic rings. The van der Waals surface area contributed by atoms with Gasteiger partial charge in [-0.3, -0.25) is 9.59 Å². The van der Waals surface area contributed by atoms with Crippen LogP contribution in [0.5, 0.6) is 0 Å². The number of alkyl halides is 3. The van der Waals surface area contributed by atoms with E-state index in [-0.39, 0.29) is 16.5 Å². The fourth-order valence-electron chi connectivity index (χ4n) is 3.00. The Bertz CT molecular complexity index is 1110. The molecule has 0 atom stereocenters. The van der Waals surface area contributed by atoms with Gasteiger partial charge in [0, 0.05) is 22.7 Å². The first-order valence-electron chi connectivity index (χ1n) is 8.61. The standard InChI is InChI=1S/C21H19F3N2O2/c1-20(2,3)16-11-18(27)26-17-10-14(7-8-15(16)17)25-19(28)12-5-4-6-13(9-12)21(22,23)24/h4-11H,1-3H3,(H,25,28)(H,26,27). The number of carbonyl (C=O) groups excluding carboxylic acids is 1. The Morgan fingerprint density at radius 2 is 1.71 bits per heavy atom. The molecule has 0 fully saturated rings. The van der Waals surface area contributed by atoms with Gasteiger partial charge in [0.1, 0.15) is 0 Å². The number of fused-ring (bicyclic) bond motifs is 1. The summed E-state index contributed by atoms with van der Waals surface area (Å²) in [7, 11) is 0. The minimum Gasteiger partial charge on any atom is -0.322 e. The van der Waals surface area contributed by atoms with Gasteiger partial charge < -0.3 is 10.3 Å². The number of amides is 1. The molecule has 2 N–H and O–H groups in total. The molecule has 2 aromatic carbocycles. The van der Waals surface area contributed by atoms with Crippen molar-refractivity contribution in [2.24, 2.45) is 0 Å². The van der Waals surface area contributed by atoms with Crippen LogP contribution in [-0.2, 0) is 11.6 Å². The van der Waals surface area contributed by atoms with Gasteiger partial charge in [0.2, 0.25) is 5.56 Å². The van der Waals surface area contributed by atoms with E-state index >= 15 is 0 Å². The summed E-state index contributed by atoms with van der Waals surface area (Å²) in [4.78, 5) is 27.1. The van der Waals surface area contributed by atoms with E-state index in [1.165, 1.54) is 12.1 Å². The molecule has 1 amide bonds. The minimum absolute atomic E-state index is 0.105. The summed E-state index contributed by atoms with van der Waals surface area (Å²) in [5.74, 6) is -0.667. The zero-order valence-corrected chi connectivity index (χ0v) is 15.6. The zero-order valence-electron chi connectivity index (χ0n) is 15.6. The number of benzene rings is 2. The Morgan fingerprint density at radius 3 is 2.36 bits per heavy atom. The molecule has 0 spiro atoms. The van der Waals surface area contributed by atoms with Gasteiger partial charge in [-0.05, 0) is 41.3 Å². The Morgan fingerprint density at radius 1 is 1.00 bits per heavy atom. The number of pyridine rings is 1. The van der Waals surface area contributed by atoms with Crippen molar-refractivity contribution in [3.8, 4) is 0 Å². The maximum atomic E-state index is 12.8. The third kappa shape index (κ3) is 4.08. The number of halogens is 3. The highest BCUT2D eigenvalue weighted by Gasteiger charge is 2.30. The molecule has 7 heteroatoms. The summed E-state index contributed by atoms with van der Waals surface area (Å²) >= 11 is 0. The van der Waals surface area contributed by atoms with Gasteiger partial charge in [0.05, 0.1) is 11.1 Å². The molecule has 0 bridgehead atoms. The Kier molecular flexibility index (Phi) is 4.79. The van der Waals surface area contributed by atoms with E-state index in [9.17, 15) is 22.8 Å². The van der Waals surface area contributed by atoms with Crippen LogP contribution < -0.4 is 10.9 Å². The van der Waals surface area contributed by atoms with E-state index in [1.807, 2.05) is 20.8 Å². The molecule has 0 radical (unpaired) electrons. The van der Waals surface area contributed by atoms with Gasteiger partial charge in [-0.1, -0.05) is 32.9 Å². The maximum Gasteiger partial charge on any atom is 0.416 e. The summed E-state index contributed by atoms with van der Waals surface area (Å²) in [6, 6.07) is 10.8. The number of rotatable bonds is 2. The molecule has 3 rings (SSSR count). The van der Waals surface area contributed by atoms with E-state index in [0.29, 0.717) is 11.2 Å². The second-order valence-electron chi connectivity index (χ2n) is 7.59. The smallest absolute Gasteiger partial charge is 0.322 e. The van der Waals surface area contributed by atoms with Crippen LogP contribution in [0, 0.1) is 0 Å². The highest BCUT2D eigenvalue weighted by molar-refractivity contribution is 6.05. The van der Waals surface area contributed by atoms with E-state index in [1.54, 1.807) is 24.3 Å². The van der Waals surface area contributed by atoms with E-state index in [2.05, 4.69) is 10.3 Å². The fourth-order valence-corrected chi connectivity index (χ4v) is 3.00. The Hall–Kier alpha value is -3.09. The second kappa shape index (κ2) is 6.82. The molecule has 0 aliphatic carbocycles. The number of hydrogen-bond acceptors (Lipinski definition) is 2. The number of H-pyrrole nitrogens is 1. The monoisotopic (exact) mass is 388 g/mol.